The minimum atomic E-state index is 0.633. The van der Waals surface area contributed by atoms with Crippen molar-refractivity contribution in [2.45, 2.75) is 6.54 Å². The zero-order valence-corrected chi connectivity index (χ0v) is 14.7. The van der Waals surface area contributed by atoms with Crippen LogP contribution in [0.3, 0.4) is 0 Å². The Hall–Kier alpha value is -2.54. The second kappa shape index (κ2) is 8.93. The van der Waals surface area contributed by atoms with Crippen LogP contribution in [-0.4, -0.2) is 56.3 Å². The molecule has 130 valence electrons. The largest absolute Gasteiger partial charge is 0.493 e. The molecule has 0 aliphatic carbocycles. The van der Waals surface area contributed by atoms with Gasteiger partial charge in [0.1, 0.15) is 18.0 Å². The van der Waals surface area contributed by atoms with Crippen molar-refractivity contribution < 1.29 is 9.47 Å². The van der Waals surface area contributed by atoms with Crippen molar-refractivity contribution in [1.82, 2.24) is 14.9 Å². The van der Waals surface area contributed by atoms with E-state index in [2.05, 4.69) is 25.5 Å². The molecule has 1 aromatic carbocycles. The summed E-state index contributed by atoms with van der Waals surface area (Å²) in [6.07, 6.45) is 1.55. The minimum Gasteiger partial charge on any atom is -0.493 e. The lowest BCUT2D eigenvalue weighted by atomic mass is 10.2. The van der Waals surface area contributed by atoms with Crippen molar-refractivity contribution >= 4 is 11.6 Å². The summed E-state index contributed by atoms with van der Waals surface area (Å²) in [6.45, 7) is 2.41. The van der Waals surface area contributed by atoms with E-state index < -0.39 is 0 Å². The molecule has 0 amide bonds. The summed E-state index contributed by atoms with van der Waals surface area (Å²) in [7, 11) is 7.34. The predicted octanol–water partition coefficient (Wildman–Crippen LogP) is 2.08. The highest BCUT2D eigenvalue weighted by Crippen LogP contribution is 2.27. The summed E-state index contributed by atoms with van der Waals surface area (Å²) >= 11 is 0. The number of hydrogen-bond donors (Lipinski definition) is 2. The first kappa shape index (κ1) is 17.8. The maximum absolute atomic E-state index is 5.32. The van der Waals surface area contributed by atoms with Crippen LogP contribution in [0.15, 0.2) is 30.6 Å². The molecule has 0 aliphatic rings. The third kappa shape index (κ3) is 5.27. The Labute approximate surface area is 143 Å². The average Bonchev–Trinajstić information content (AvgIpc) is 2.59. The van der Waals surface area contributed by atoms with Crippen LogP contribution in [0.2, 0.25) is 0 Å². The van der Waals surface area contributed by atoms with E-state index in [1.54, 1.807) is 20.5 Å². The van der Waals surface area contributed by atoms with Crippen LogP contribution in [0.4, 0.5) is 11.6 Å². The normalized spacial score (nSPS) is 10.5. The highest BCUT2D eigenvalue weighted by molar-refractivity contribution is 5.48. The van der Waals surface area contributed by atoms with Crippen molar-refractivity contribution in [2.75, 3.05) is 52.0 Å². The Morgan fingerprint density at radius 1 is 0.958 bits per heavy atom. The Bertz CT molecular complexity index is 649. The standard InChI is InChI=1S/C17H25N5O2/c1-22(2)8-7-18-16-10-17(21-12-20-16)19-11-13-5-6-14(23-3)15(9-13)24-4/h5-6,9-10,12H,7-8,11H2,1-4H3,(H2,18,19,20,21). The minimum absolute atomic E-state index is 0.633. The van der Waals surface area contributed by atoms with Gasteiger partial charge in [0.25, 0.3) is 0 Å². The van der Waals surface area contributed by atoms with E-state index in [9.17, 15) is 0 Å². The summed E-state index contributed by atoms with van der Waals surface area (Å²) in [4.78, 5) is 10.6. The van der Waals surface area contributed by atoms with Crippen molar-refractivity contribution in [3.63, 3.8) is 0 Å². The molecule has 0 aliphatic heterocycles. The molecule has 0 spiro atoms. The van der Waals surface area contributed by atoms with Gasteiger partial charge in [-0.3, -0.25) is 0 Å². The molecule has 0 unspecified atom stereocenters. The fourth-order valence-electron chi connectivity index (χ4n) is 2.14. The third-order valence-corrected chi connectivity index (χ3v) is 3.45. The molecule has 0 radical (unpaired) electrons. The molecule has 0 bridgehead atoms. The topological polar surface area (TPSA) is 71.5 Å². The quantitative estimate of drug-likeness (QED) is 0.729. The van der Waals surface area contributed by atoms with E-state index >= 15 is 0 Å². The average molecular weight is 331 g/mol. The lowest BCUT2D eigenvalue weighted by Crippen LogP contribution is -2.21. The number of nitrogens with one attached hydrogen (secondary N) is 2. The summed E-state index contributed by atoms with van der Waals surface area (Å²) in [6, 6.07) is 7.73. The van der Waals surface area contributed by atoms with Crippen LogP contribution >= 0.6 is 0 Å². The monoisotopic (exact) mass is 331 g/mol. The summed E-state index contributed by atoms with van der Waals surface area (Å²) in [5.74, 6) is 3.01. The highest BCUT2D eigenvalue weighted by Gasteiger charge is 2.05. The van der Waals surface area contributed by atoms with Crippen molar-refractivity contribution in [3.8, 4) is 11.5 Å². The van der Waals surface area contributed by atoms with Crippen LogP contribution < -0.4 is 20.1 Å². The third-order valence-electron chi connectivity index (χ3n) is 3.45. The van der Waals surface area contributed by atoms with Gasteiger partial charge in [-0.05, 0) is 31.8 Å². The van der Waals surface area contributed by atoms with Gasteiger partial charge < -0.3 is 25.0 Å². The van der Waals surface area contributed by atoms with Gasteiger partial charge in [0.2, 0.25) is 0 Å². The maximum Gasteiger partial charge on any atom is 0.161 e. The van der Waals surface area contributed by atoms with Crippen LogP contribution in [0.5, 0.6) is 11.5 Å². The maximum atomic E-state index is 5.32. The van der Waals surface area contributed by atoms with Crippen LogP contribution in [-0.2, 0) is 6.54 Å². The van der Waals surface area contributed by atoms with Crippen molar-refractivity contribution in [2.24, 2.45) is 0 Å². The second-order valence-corrected chi connectivity index (χ2v) is 5.56. The van der Waals surface area contributed by atoms with E-state index in [4.69, 9.17) is 9.47 Å². The number of benzene rings is 1. The van der Waals surface area contributed by atoms with Crippen LogP contribution in [0, 0.1) is 0 Å². The lowest BCUT2D eigenvalue weighted by molar-refractivity contribution is 0.354. The molecule has 2 N–H and O–H groups in total. The molecular weight excluding hydrogens is 306 g/mol. The van der Waals surface area contributed by atoms with Gasteiger partial charge in [0, 0.05) is 25.7 Å². The molecule has 0 saturated heterocycles. The first-order valence-electron chi connectivity index (χ1n) is 7.78. The van der Waals surface area contributed by atoms with E-state index in [1.807, 2.05) is 38.4 Å². The number of nitrogens with zero attached hydrogens (tertiary/aromatic N) is 3. The van der Waals surface area contributed by atoms with Gasteiger partial charge in [-0.25, -0.2) is 9.97 Å². The fraction of sp³-hybridized carbons (Fsp3) is 0.412. The van der Waals surface area contributed by atoms with Gasteiger partial charge >= 0.3 is 0 Å². The number of methoxy groups -OCH3 is 2. The molecule has 0 saturated carbocycles. The molecule has 2 aromatic rings. The van der Waals surface area contributed by atoms with Gasteiger partial charge in [-0.1, -0.05) is 6.07 Å². The molecule has 1 aromatic heterocycles. The van der Waals surface area contributed by atoms with Gasteiger partial charge in [0.15, 0.2) is 11.5 Å². The number of aromatic nitrogens is 2. The molecular formula is C17H25N5O2. The summed E-state index contributed by atoms with van der Waals surface area (Å²) in [5.41, 5.74) is 1.08. The summed E-state index contributed by atoms with van der Waals surface area (Å²) in [5, 5.41) is 6.57. The molecule has 2 rings (SSSR count). The fourth-order valence-corrected chi connectivity index (χ4v) is 2.14. The predicted molar refractivity (Wildman–Crippen MR) is 95.9 cm³/mol. The smallest absolute Gasteiger partial charge is 0.161 e. The number of ether oxygens (including phenoxy) is 2. The number of hydrogen-bond acceptors (Lipinski definition) is 7. The highest BCUT2D eigenvalue weighted by atomic mass is 16.5. The van der Waals surface area contributed by atoms with Gasteiger partial charge in [-0.15, -0.1) is 0 Å². The van der Waals surface area contributed by atoms with E-state index in [-0.39, 0.29) is 0 Å². The van der Waals surface area contributed by atoms with E-state index in [1.165, 1.54) is 0 Å². The molecule has 24 heavy (non-hydrogen) atoms. The Morgan fingerprint density at radius 2 is 1.67 bits per heavy atom. The Morgan fingerprint density at radius 3 is 2.33 bits per heavy atom. The Kier molecular flexibility index (Phi) is 6.62. The Balaban J connectivity index is 1.94. The van der Waals surface area contributed by atoms with E-state index in [0.717, 1.165) is 36.0 Å². The van der Waals surface area contributed by atoms with Crippen LogP contribution in [0.25, 0.3) is 0 Å². The molecule has 0 fully saturated rings. The summed E-state index contributed by atoms with van der Waals surface area (Å²) < 4.78 is 10.6. The number of likely N-dealkylation sites (N-methyl/N-ethyl adjacent to an activating group) is 1. The molecule has 1 heterocycles. The van der Waals surface area contributed by atoms with Crippen molar-refractivity contribution in [3.05, 3.63) is 36.2 Å². The van der Waals surface area contributed by atoms with Crippen molar-refractivity contribution in [1.29, 1.82) is 0 Å². The van der Waals surface area contributed by atoms with Gasteiger partial charge in [0.05, 0.1) is 14.2 Å². The van der Waals surface area contributed by atoms with E-state index in [0.29, 0.717) is 12.3 Å². The number of rotatable bonds is 9. The van der Waals surface area contributed by atoms with Gasteiger partial charge in [-0.2, -0.15) is 0 Å². The molecule has 7 nitrogen and oxygen atoms in total. The lowest BCUT2D eigenvalue weighted by Gasteiger charge is -2.12. The zero-order valence-electron chi connectivity index (χ0n) is 14.7. The second-order valence-electron chi connectivity index (χ2n) is 5.56. The number of anilines is 2. The van der Waals surface area contributed by atoms with Crippen LogP contribution in [0.1, 0.15) is 5.56 Å². The first-order chi connectivity index (χ1) is 11.6. The molecule has 7 heteroatoms. The zero-order chi connectivity index (χ0) is 17.4. The SMILES string of the molecule is COc1ccc(CNc2cc(NCCN(C)C)ncn2)cc1OC. The first-order valence-corrected chi connectivity index (χ1v) is 7.78. The molecule has 0 atom stereocenters.